The van der Waals surface area contributed by atoms with Crippen LogP contribution in [0.15, 0.2) is 0 Å². The highest BCUT2D eigenvalue weighted by Crippen LogP contribution is 2.26. The number of hydrogen-bond donors (Lipinski definition) is 2. The Morgan fingerprint density at radius 2 is 2.00 bits per heavy atom. The molecule has 2 amide bonds. The smallest absolute Gasteiger partial charge is 0.317 e. The van der Waals surface area contributed by atoms with E-state index in [1.165, 1.54) is 19.3 Å². The predicted molar refractivity (Wildman–Crippen MR) is 74.0 cm³/mol. The van der Waals surface area contributed by atoms with Gasteiger partial charge in [-0.05, 0) is 31.1 Å². The van der Waals surface area contributed by atoms with Gasteiger partial charge < -0.3 is 15.3 Å². The molecule has 0 spiro atoms. The van der Waals surface area contributed by atoms with E-state index in [9.17, 15) is 9.59 Å². The molecule has 0 bridgehead atoms. The molecule has 1 aliphatic rings. The Morgan fingerprint density at radius 1 is 1.37 bits per heavy atom. The number of nitrogens with zero attached hydrogens (tertiary/aromatic N) is 1. The van der Waals surface area contributed by atoms with Gasteiger partial charge in [0, 0.05) is 20.1 Å². The minimum atomic E-state index is -0.837. The summed E-state index contributed by atoms with van der Waals surface area (Å²) < 4.78 is 0. The minimum Gasteiger partial charge on any atom is -0.481 e. The zero-order valence-electron chi connectivity index (χ0n) is 12.2. The highest BCUT2D eigenvalue weighted by atomic mass is 16.4. The summed E-state index contributed by atoms with van der Waals surface area (Å²) in [5.41, 5.74) is 0. The Kier molecular flexibility index (Phi) is 6.12. The molecule has 1 atom stereocenters. The fourth-order valence-electron chi connectivity index (χ4n) is 2.33. The molecular weight excluding hydrogens is 244 g/mol. The van der Waals surface area contributed by atoms with E-state index in [-0.39, 0.29) is 12.6 Å². The molecule has 0 aromatic rings. The molecule has 2 N–H and O–H groups in total. The lowest BCUT2D eigenvalue weighted by molar-refractivity contribution is -0.142. The summed E-state index contributed by atoms with van der Waals surface area (Å²) in [7, 11) is 1.77. The average molecular weight is 270 g/mol. The minimum absolute atomic E-state index is 0.165. The van der Waals surface area contributed by atoms with Gasteiger partial charge in [0.05, 0.1) is 5.92 Å². The van der Waals surface area contributed by atoms with Gasteiger partial charge in [-0.3, -0.25) is 4.79 Å². The van der Waals surface area contributed by atoms with Crippen LogP contribution < -0.4 is 5.32 Å². The Balaban J connectivity index is 2.31. The Bertz CT molecular complexity index is 314. The van der Waals surface area contributed by atoms with Crippen LogP contribution in [0.5, 0.6) is 0 Å². The summed E-state index contributed by atoms with van der Waals surface area (Å²) in [6, 6.07) is -0.165. The molecule has 0 aromatic carbocycles. The van der Waals surface area contributed by atoms with Gasteiger partial charge in [-0.25, -0.2) is 4.79 Å². The van der Waals surface area contributed by atoms with E-state index < -0.39 is 11.9 Å². The van der Waals surface area contributed by atoms with Gasteiger partial charge in [-0.2, -0.15) is 0 Å². The van der Waals surface area contributed by atoms with Crippen LogP contribution in [0.1, 0.15) is 39.5 Å². The number of rotatable bonds is 7. The molecule has 1 saturated carbocycles. The van der Waals surface area contributed by atoms with E-state index in [1.807, 2.05) is 13.8 Å². The number of carboxylic acid groups (broad SMARTS) is 1. The summed E-state index contributed by atoms with van der Waals surface area (Å²) in [4.78, 5) is 24.6. The molecule has 1 unspecified atom stereocenters. The number of urea groups is 1. The summed E-state index contributed by atoms with van der Waals surface area (Å²) in [5, 5.41) is 11.8. The molecule has 0 radical (unpaired) electrons. The third-order valence-electron chi connectivity index (χ3n) is 3.71. The second-order valence-corrected chi connectivity index (χ2v) is 6.03. The van der Waals surface area contributed by atoms with Crippen molar-refractivity contribution in [2.24, 2.45) is 17.8 Å². The van der Waals surface area contributed by atoms with Crippen molar-refractivity contribution in [2.75, 3.05) is 20.1 Å². The van der Waals surface area contributed by atoms with E-state index in [1.54, 1.807) is 11.9 Å². The van der Waals surface area contributed by atoms with Crippen LogP contribution in [-0.4, -0.2) is 42.1 Å². The Labute approximate surface area is 115 Å². The maximum atomic E-state index is 11.9. The van der Waals surface area contributed by atoms with Gasteiger partial charge in [-0.1, -0.05) is 20.3 Å². The maximum Gasteiger partial charge on any atom is 0.317 e. The molecular formula is C14H26N2O3. The fourth-order valence-corrected chi connectivity index (χ4v) is 2.33. The standard InChI is InChI=1S/C14H26N2O3/c1-10(2)7-12(13(17)18)8-15-14(19)16(3)9-11-5-4-6-11/h10-12H,4-9H2,1-3H3,(H,15,19)(H,17,18). The van der Waals surface area contributed by atoms with Gasteiger partial charge in [0.2, 0.25) is 0 Å². The summed E-state index contributed by atoms with van der Waals surface area (Å²) in [5.74, 6) is -0.399. The second-order valence-electron chi connectivity index (χ2n) is 6.03. The number of hydrogen-bond acceptors (Lipinski definition) is 2. The molecule has 0 heterocycles. The first-order valence-electron chi connectivity index (χ1n) is 7.12. The van der Waals surface area contributed by atoms with Crippen molar-refractivity contribution in [3.63, 3.8) is 0 Å². The van der Waals surface area contributed by atoms with Crippen molar-refractivity contribution in [1.82, 2.24) is 10.2 Å². The number of carboxylic acids is 1. The van der Waals surface area contributed by atoms with E-state index in [0.717, 1.165) is 6.54 Å². The largest absolute Gasteiger partial charge is 0.481 e. The number of aliphatic carboxylic acids is 1. The first kappa shape index (κ1) is 15.8. The molecule has 1 aliphatic carbocycles. The zero-order valence-corrected chi connectivity index (χ0v) is 12.2. The van der Waals surface area contributed by atoms with Crippen molar-refractivity contribution in [1.29, 1.82) is 0 Å². The van der Waals surface area contributed by atoms with E-state index >= 15 is 0 Å². The topological polar surface area (TPSA) is 69.6 Å². The molecule has 1 fully saturated rings. The lowest BCUT2D eigenvalue weighted by Crippen LogP contribution is -2.43. The first-order valence-corrected chi connectivity index (χ1v) is 7.12. The number of carbonyl (C=O) groups is 2. The highest BCUT2D eigenvalue weighted by molar-refractivity contribution is 5.75. The number of amides is 2. The zero-order chi connectivity index (χ0) is 14.4. The van der Waals surface area contributed by atoms with Crippen LogP contribution in [0.2, 0.25) is 0 Å². The van der Waals surface area contributed by atoms with Crippen molar-refractivity contribution >= 4 is 12.0 Å². The SMILES string of the molecule is CC(C)CC(CNC(=O)N(C)CC1CCC1)C(=O)O. The van der Waals surface area contributed by atoms with Crippen molar-refractivity contribution in [3.8, 4) is 0 Å². The monoisotopic (exact) mass is 270 g/mol. The van der Waals surface area contributed by atoms with Gasteiger partial charge in [0.25, 0.3) is 0 Å². The van der Waals surface area contributed by atoms with Gasteiger partial charge >= 0.3 is 12.0 Å². The van der Waals surface area contributed by atoms with Crippen molar-refractivity contribution in [2.45, 2.75) is 39.5 Å². The van der Waals surface area contributed by atoms with Gasteiger partial charge in [-0.15, -0.1) is 0 Å². The molecule has 0 saturated heterocycles. The quantitative estimate of drug-likeness (QED) is 0.745. The van der Waals surface area contributed by atoms with Crippen LogP contribution in [0.3, 0.4) is 0 Å². The van der Waals surface area contributed by atoms with Crippen LogP contribution >= 0.6 is 0 Å². The van der Waals surface area contributed by atoms with Crippen LogP contribution in [0, 0.1) is 17.8 Å². The van der Waals surface area contributed by atoms with Crippen LogP contribution in [0.25, 0.3) is 0 Å². The summed E-state index contributed by atoms with van der Waals surface area (Å²) in [6.07, 6.45) is 4.24. The van der Waals surface area contributed by atoms with Crippen molar-refractivity contribution < 1.29 is 14.7 Å². The molecule has 110 valence electrons. The van der Waals surface area contributed by atoms with E-state index in [4.69, 9.17) is 5.11 Å². The molecule has 0 aliphatic heterocycles. The average Bonchev–Trinajstić information content (AvgIpc) is 2.27. The third-order valence-corrected chi connectivity index (χ3v) is 3.71. The van der Waals surface area contributed by atoms with Gasteiger partial charge in [0.1, 0.15) is 0 Å². The first-order chi connectivity index (χ1) is 8.90. The molecule has 0 aromatic heterocycles. The van der Waals surface area contributed by atoms with E-state index in [2.05, 4.69) is 5.32 Å². The normalized spacial score (nSPS) is 16.8. The second kappa shape index (κ2) is 7.36. The predicted octanol–water partition coefficient (Wildman–Crippen LogP) is 2.17. The van der Waals surface area contributed by atoms with Crippen molar-refractivity contribution in [3.05, 3.63) is 0 Å². The lowest BCUT2D eigenvalue weighted by atomic mass is 9.85. The fraction of sp³-hybridized carbons (Fsp3) is 0.857. The molecule has 1 rings (SSSR count). The Morgan fingerprint density at radius 3 is 2.42 bits per heavy atom. The molecule has 19 heavy (non-hydrogen) atoms. The number of nitrogens with one attached hydrogen (secondary N) is 1. The summed E-state index contributed by atoms with van der Waals surface area (Å²) in [6.45, 7) is 4.95. The Hall–Kier alpha value is -1.26. The summed E-state index contributed by atoms with van der Waals surface area (Å²) >= 11 is 0. The third kappa shape index (κ3) is 5.49. The molecule has 5 heteroatoms. The van der Waals surface area contributed by atoms with Crippen LogP contribution in [0.4, 0.5) is 4.79 Å². The number of carbonyl (C=O) groups excluding carboxylic acids is 1. The van der Waals surface area contributed by atoms with Gasteiger partial charge in [0.15, 0.2) is 0 Å². The van der Waals surface area contributed by atoms with E-state index in [0.29, 0.717) is 18.3 Å². The maximum absolute atomic E-state index is 11.9. The highest BCUT2D eigenvalue weighted by Gasteiger charge is 2.23. The lowest BCUT2D eigenvalue weighted by Gasteiger charge is -2.30. The van der Waals surface area contributed by atoms with Crippen LogP contribution in [-0.2, 0) is 4.79 Å². The molecule has 5 nitrogen and oxygen atoms in total.